The zero-order valence-electron chi connectivity index (χ0n) is 10.7. The molecule has 1 aromatic rings. The van der Waals surface area contributed by atoms with Crippen LogP contribution in [0.5, 0.6) is 0 Å². The summed E-state index contributed by atoms with van der Waals surface area (Å²) in [6, 6.07) is 1.27. The molecule has 1 aliphatic rings. The predicted octanol–water partition coefficient (Wildman–Crippen LogP) is 0.0729. The van der Waals surface area contributed by atoms with Crippen LogP contribution in [0.1, 0.15) is 11.9 Å². The minimum atomic E-state index is -5.22. The van der Waals surface area contributed by atoms with Crippen LogP contribution in [0.25, 0.3) is 0 Å². The van der Waals surface area contributed by atoms with E-state index in [4.69, 9.17) is 5.11 Å². The lowest BCUT2D eigenvalue weighted by molar-refractivity contribution is -0.306. The average molecular weight is 312 g/mol. The second-order valence-corrected chi connectivity index (χ2v) is 4.70. The monoisotopic (exact) mass is 312 g/mol. The van der Waals surface area contributed by atoms with Gasteiger partial charge in [-0.3, -0.25) is 4.57 Å². The summed E-state index contributed by atoms with van der Waals surface area (Å²) in [5.74, 6) is 0. The molecule has 6 nitrogen and oxygen atoms in total. The van der Waals surface area contributed by atoms with Gasteiger partial charge in [0, 0.05) is 11.9 Å². The molecular formula is C11H12F4N2O4. The van der Waals surface area contributed by atoms with Crippen LogP contribution in [0.15, 0.2) is 17.1 Å². The lowest BCUT2D eigenvalue weighted by Crippen LogP contribution is -2.56. The molecule has 0 spiro atoms. The highest BCUT2D eigenvalue weighted by Crippen LogP contribution is 2.47. The Labute approximate surface area is 115 Å². The van der Waals surface area contributed by atoms with Crippen LogP contribution in [0, 0.1) is 6.92 Å². The van der Waals surface area contributed by atoms with Crippen molar-refractivity contribution in [1.82, 2.24) is 9.55 Å². The minimum Gasteiger partial charge on any atom is -0.393 e. The highest BCUT2D eigenvalue weighted by Gasteiger charge is 2.69. The summed E-state index contributed by atoms with van der Waals surface area (Å²) in [5.41, 5.74) is -4.22. The van der Waals surface area contributed by atoms with Crippen LogP contribution in [-0.4, -0.2) is 50.4 Å². The maximum absolute atomic E-state index is 14.0. The summed E-state index contributed by atoms with van der Waals surface area (Å²) in [7, 11) is 0. The Balaban J connectivity index is 2.47. The first-order valence-corrected chi connectivity index (χ1v) is 5.87. The van der Waals surface area contributed by atoms with Crippen LogP contribution in [-0.2, 0) is 4.74 Å². The molecule has 0 amide bonds. The van der Waals surface area contributed by atoms with Gasteiger partial charge in [-0.25, -0.2) is 9.18 Å². The molecule has 118 valence electrons. The number of aromatic nitrogens is 2. The molecule has 0 bridgehead atoms. The maximum Gasteiger partial charge on any atom is 0.422 e. The quantitative estimate of drug-likeness (QED) is 0.755. The molecule has 4 atom stereocenters. The van der Waals surface area contributed by atoms with E-state index in [9.17, 15) is 27.5 Å². The summed E-state index contributed by atoms with van der Waals surface area (Å²) in [6.45, 7) is -0.209. The summed E-state index contributed by atoms with van der Waals surface area (Å²) in [5, 5.41) is 18.4. The summed E-state index contributed by atoms with van der Waals surface area (Å²) in [6.07, 6.45) is -11.5. The number of hydrogen-bond donors (Lipinski definition) is 2. The van der Waals surface area contributed by atoms with E-state index in [0.717, 1.165) is 6.20 Å². The predicted molar refractivity (Wildman–Crippen MR) is 60.1 cm³/mol. The number of alkyl halides is 4. The van der Waals surface area contributed by atoms with E-state index in [1.165, 1.54) is 13.0 Å². The average Bonchev–Trinajstić information content (AvgIpc) is 2.63. The van der Waals surface area contributed by atoms with Gasteiger partial charge in [-0.1, -0.05) is 0 Å². The molecule has 1 aliphatic heterocycles. The Kier molecular flexibility index (Phi) is 3.80. The van der Waals surface area contributed by atoms with E-state index >= 15 is 0 Å². The Morgan fingerprint density at radius 3 is 2.57 bits per heavy atom. The Morgan fingerprint density at radius 1 is 1.52 bits per heavy atom. The normalized spacial score (nSPS) is 33.4. The van der Waals surface area contributed by atoms with Gasteiger partial charge in [0.2, 0.25) is 5.60 Å². The van der Waals surface area contributed by atoms with Gasteiger partial charge in [0.1, 0.15) is 6.10 Å². The molecule has 2 N–H and O–H groups in total. The van der Waals surface area contributed by atoms with Gasteiger partial charge < -0.3 is 14.9 Å². The fourth-order valence-corrected chi connectivity index (χ4v) is 2.12. The number of nitrogens with zero attached hydrogens (tertiary/aromatic N) is 2. The van der Waals surface area contributed by atoms with Crippen molar-refractivity contribution in [2.75, 3.05) is 6.61 Å². The fourth-order valence-electron chi connectivity index (χ4n) is 2.12. The maximum atomic E-state index is 14.0. The SMILES string of the molecule is Cc1ccn([C@@H]2O[C@@](CO)(C(F)(F)F)[C@@H](O)[C@H]2F)c(=O)n1. The number of aliphatic hydroxyl groups is 2. The third kappa shape index (κ3) is 2.32. The molecule has 1 fully saturated rings. The van der Waals surface area contributed by atoms with Crippen molar-refractivity contribution < 1.29 is 32.5 Å². The molecule has 2 rings (SSSR count). The number of rotatable bonds is 2. The molecule has 2 heterocycles. The molecular weight excluding hydrogens is 300 g/mol. The smallest absolute Gasteiger partial charge is 0.393 e. The molecule has 0 unspecified atom stereocenters. The van der Waals surface area contributed by atoms with Crippen LogP contribution in [0.4, 0.5) is 17.6 Å². The zero-order chi connectivity index (χ0) is 16.0. The molecule has 21 heavy (non-hydrogen) atoms. The topological polar surface area (TPSA) is 84.6 Å². The van der Waals surface area contributed by atoms with Gasteiger partial charge in [0.15, 0.2) is 12.4 Å². The van der Waals surface area contributed by atoms with Crippen molar-refractivity contribution in [3.63, 3.8) is 0 Å². The second kappa shape index (κ2) is 5.04. The third-order valence-corrected chi connectivity index (χ3v) is 3.34. The van der Waals surface area contributed by atoms with E-state index in [0.29, 0.717) is 4.57 Å². The highest BCUT2D eigenvalue weighted by atomic mass is 19.4. The van der Waals surface area contributed by atoms with Gasteiger partial charge in [0.05, 0.1) is 6.61 Å². The van der Waals surface area contributed by atoms with E-state index in [1.807, 2.05) is 0 Å². The lowest BCUT2D eigenvalue weighted by Gasteiger charge is -2.31. The Morgan fingerprint density at radius 2 is 2.14 bits per heavy atom. The molecule has 10 heteroatoms. The van der Waals surface area contributed by atoms with Crippen molar-refractivity contribution in [2.45, 2.75) is 37.2 Å². The van der Waals surface area contributed by atoms with Gasteiger partial charge >= 0.3 is 11.9 Å². The van der Waals surface area contributed by atoms with E-state index in [1.54, 1.807) is 0 Å². The van der Waals surface area contributed by atoms with Crippen molar-refractivity contribution in [3.8, 4) is 0 Å². The summed E-state index contributed by atoms with van der Waals surface area (Å²) in [4.78, 5) is 15.1. The largest absolute Gasteiger partial charge is 0.422 e. The van der Waals surface area contributed by atoms with Crippen LogP contribution >= 0.6 is 0 Å². The first-order valence-electron chi connectivity index (χ1n) is 5.87. The molecule has 0 radical (unpaired) electrons. The highest BCUT2D eigenvalue weighted by molar-refractivity contribution is 5.07. The van der Waals surface area contributed by atoms with Gasteiger partial charge in [-0.15, -0.1) is 0 Å². The Bertz CT molecular complexity index is 590. The molecule has 1 aromatic heterocycles. The first kappa shape index (κ1) is 15.9. The van der Waals surface area contributed by atoms with E-state index in [-0.39, 0.29) is 5.69 Å². The number of aryl methyl sites for hydroxylation is 1. The standard InChI is InChI=1S/C11H12F4N2O4/c1-5-2-3-17(9(20)16-5)8-6(12)7(19)10(4-18,21-8)11(13,14)15/h2-3,6-8,18-19H,4H2,1H3/t6-,7+,8-,10-/m1/s1. The van der Waals surface area contributed by atoms with Crippen LogP contribution in [0.2, 0.25) is 0 Å². The van der Waals surface area contributed by atoms with Crippen LogP contribution < -0.4 is 5.69 Å². The van der Waals surface area contributed by atoms with Crippen molar-refractivity contribution >= 4 is 0 Å². The molecule has 0 aromatic carbocycles. The minimum absolute atomic E-state index is 0.287. The van der Waals surface area contributed by atoms with Crippen molar-refractivity contribution in [3.05, 3.63) is 28.4 Å². The molecule has 0 saturated carbocycles. The number of ether oxygens (including phenoxy) is 1. The van der Waals surface area contributed by atoms with Gasteiger partial charge in [-0.2, -0.15) is 18.2 Å². The Hall–Kier alpha value is -1.52. The number of hydrogen-bond acceptors (Lipinski definition) is 5. The van der Waals surface area contributed by atoms with Crippen molar-refractivity contribution in [1.29, 1.82) is 0 Å². The van der Waals surface area contributed by atoms with Crippen LogP contribution in [0.3, 0.4) is 0 Å². The number of aliphatic hydroxyl groups excluding tert-OH is 2. The molecule has 1 saturated heterocycles. The third-order valence-electron chi connectivity index (χ3n) is 3.34. The fraction of sp³-hybridized carbons (Fsp3) is 0.636. The summed E-state index contributed by atoms with van der Waals surface area (Å²) < 4.78 is 57.9. The summed E-state index contributed by atoms with van der Waals surface area (Å²) >= 11 is 0. The van der Waals surface area contributed by atoms with E-state index in [2.05, 4.69) is 9.72 Å². The van der Waals surface area contributed by atoms with Crippen molar-refractivity contribution in [2.24, 2.45) is 0 Å². The zero-order valence-corrected chi connectivity index (χ0v) is 10.7. The van der Waals surface area contributed by atoms with E-state index < -0.39 is 42.6 Å². The molecule has 0 aliphatic carbocycles. The lowest BCUT2D eigenvalue weighted by atomic mass is 9.96. The second-order valence-electron chi connectivity index (χ2n) is 4.70. The number of halogens is 4. The van der Waals surface area contributed by atoms with Gasteiger partial charge in [-0.05, 0) is 13.0 Å². The first-order chi connectivity index (χ1) is 9.64. The van der Waals surface area contributed by atoms with Gasteiger partial charge in [0.25, 0.3) is 0 Å².